The second-order valence-electron chi connectivity index (χ2n) is 8.63. The van der Waals surface area contributed by atoms with E-state index < -0.39 is 10.0 Å². The summed E-state index contributed by atoms with van der Waals surface area (Å²) in [6.45, 7) is 1.31. The number of carbonyl (C=O) groups is 1. The molecular weight excluding hydrogens is 483 g/mol. The second-order valence-corrected chi connectivity index (χ2v) is 10.6. The first kappa shape index (κ1) is 25.7. The van der Waals surface area contributed by atoms with Crippen molar-refractivity contribution < 1.29 is 27.1 Å². The molecule has 1 aliphatic rings. The number of carbonyl (C=O) groups excluding carboxylic acids is 1. The summed E-state index contributed by atoms with van der Waals surface area (Å²) in [6.07, 6.45) is 0.939. The Kier molecular flexibility index (Phi) is 8.22. The minimum atomic E-state index is -3.60. The fourth-order valence-electron chi connectivity index (χ4n) is 4.04. The molecule has 0 unspecified atom stereocenters. The number of rotatable bonds is 9. The molecule has 3 aromatic carbocycles. The Morgan fingerprint density at radius 3 is 2.11 bits per heavy atom. The van der Waals surface area contributed by atoms with Crippen molar-refractivity contribution in [1.82, 2.24) is 9.62 Å². The van der Waals surface area contributed by atoms with Gasteiger partial charge in [-0.1, -0.05) is 24.3 Å². The van der Waals surface area contributed by atoms with Gasteiger partial charge >= 0.3 is 0 Å². The number of halogens is 1. The summed E-state index contributed by atoms with van der Waals surface area (Å²) in [4.78, 5) is 12.9. The van der Waals surface area contributed by atoms with E-state index in [1.807, 2.05) is 24.3 Å². The summed E-state index contributed by atoms with van der Waals surface area (Å²) < 4.78 is 51.0. The molecule has 1 heterocycles. The quantitative estimate of drug-likeness (QED) is 0.466. The van der Waals surface area contributed by atoms with Crippen LogP contribution in [0.5, 0.6) is 11.5 Å². The number of nitrogens with one attached hydrogen (secondary N) is 1. The predicted molar refractivity (Wildman–Crippen MR) is 133 cm³/mol. The third-order valence-electron chi connectivity index (χ3n) is 6.23. The molecule has 190 valence electrons. The number of sulfonamides is 1. The number of hydrogen-bond donors (Lipinski definition) is 1. The van der Waals surface area contributed by atoms with Crippen LogP contribution in [0.1, 0.15) is 24.0 Å². The minimum absolute atomic E-state index is 0.0758. The smallest absolute Gasteiger partial charge is 0.243 e. The first-order valence-electron chi connectivity index (χ1n) is 11.7. The molecule has 0 radical (unpaired) electrons. The van der Waals surface area contributed by atoms with Crippen molar-refractivity contribution in [3.63, 3.8) is 0 Å². The Morgan fingerprint density at radius 2 is 1.50 bits per heavy atom. The molecule has 0 aliphatic carbocycles. The zero-order valence-corrected chi connectivity index (χ0v) is 20.8. The molecule has 1 saturated heterocycles. The van der Waals surface area contributed by atoms with E-state index >= 15 is 0 Å². The van der Waals surface area contributed by atoms with E-state index in [0.717, 1.165) is 11.1 Å². The normalized spacial score (nSPS) is 14.8. The van der Waals surface area contributed by atoms with Gasteiger partial charge in [0.2, 0.25) is 15.9 Å². The summed E-state index contributed by atoms with van der Waals surface area (Å²) in [5.74, 6) is 0.685. The molecule has 4 rings (SSSR count). The lowest BCUT2D eigenvalue weighted by Gasteiger charge is -2.30. The Balaban J connectivity index is 1.22. The summed E-state index contributed by atoms with van der Waals surface area (Å²) in [6, 6.07) is 19.9. The maximum atomic E-state index is 13.0. The number of benzene rings is 3. The van der Waals surface area contributed by atoms with Crippen LogP contribution in [0.2, 0.25) is 0 Å². The Labute approximate surface area is 210 Å². The van der Waals surface area contributed by atoms with Crippen LogP contribution in [-0.2, 0) is 28.0 Å². The Bertz CT molecular complexity index is 1260. The fraction of sp³-hybridized carbons (Fsp3) is 0.296. The summed E-state index contributed by atoms with van der Waals surface area (Å²) >= 11 is 0. The summed E-state index contributed by atoms with van der Waals surface area (Å²) in [5, 5.41) is 2.95. The lowest BCUT2D eigenvalue weighted by Crippen LogP contribution is -2.42. The predicted octanol–water partition coefficient (Wildman–Crippen LogP) is 4.13. The monoisotopic (exact) mass is 512 g/mol. The highest BCUT2D eigenvalue weighted by molar-refractivity contribution is 7.89. The van der Waals surface area contributed by atoms with Crippen LogP contribution in [0.4, 0.5) is 4.39 Å². The van der Waals surface area contributed by atoms with E-state index in [1.165, 1.54) is 35.7 Å². The van der Waals surface area contributed by atoms with Crippen LogP contribution in [0.25, 0.3) is 0 Å². The molecule has 0 spiro atoms. The van der Waals surface area contributed by atoms with Crippen molar-refractivity contribution in [2.45, 2.75) is 30.9 Å². The van der Waals surface area contributed by atoms with Crippen LogP contribution in [0, 0.1) is 11.7 Å². The van der Waals surface area contributed by atoms with Gasteiger partial charge in [-0.05, 0) is 72.5 Å². The first-order chi connectivity index (χ1) is 17.3. The van der Waals surface area contributed by atoms with Gasteiger partial charge in [0, 0.05) is 25.6 Å². The maximum absolute atomic E-state index is 13.0. The largest absolute Gasteiger partial charge is 0.497 e. The molecule has 1 amide bonds. The van der Waals surface area contributed by atoms with E-state index in [2.05, 4.69) is 5.32 Å². The SMILES string of the molecule is COc1ccc(S(=O)(=O)N2CCC(C(=O)NCc3ccc(OCc4ccc(F)cc4)cc3)CC2)cc1. The number of amides is 1. The summed E-state index contributed by atoms with van der Waals surface area (Å²) in [7, 11) is -2.07. The minimum Gasteiger partial charge on any atom is -0.497 e. The van der Waals surface area contributed by atoms with Crippen molar-refractivity contribution in [1.29, 1.82) is 0 Å². The number of ether oxygens (including phenoxy) is 2. The van der Waals surface area contributed by atoms with Crippen molar-refractivity contribution >= 4 is 15.9 Å². The maximum Gasteiger partial charge on any atom is 0.243 e. The van der Waals surface area contributed by atoms with Crippen LogP contribution in [0.3, 0.4) is 0 Å². The van der Waals surface area contributed by atoms with Crippen LogP contribution in [-0.4, -0.2) is 38.8 Å². The van der Waals surface area contributed by atoms with Gasteiger partial charge in [-0.2, -0.15) is 4.31 Å². The highest BCUT2D eigenvalue weighted by atomic mass is 32.2. The van der Waals surface area contributed by atoms with Crippen molar-refractivity contribution in [3.05, 3.63) is 89.7 Å². The fourth-order valence-corrected chi connectivity index (χ4v) is 5.51. The number of nitrogens with zero attached hydrogens (tertiary/aromatic N) is 1. The van der Waals surface area contributed by atoms with E-state index in [1.54, 1.807) is 24.3 Å². The second kappa shape index (κ2) is 11.5. The number of hydrogen-bond acceptors (Lipinski definition) is 5. The topological polar surface area (TPSA) is 84.9 Å². The van der Waals surface area contributed by atoms with Gasteiger partial charge < -0.3 is 14.8 Å². The molecule has 0 aromatic heterocycles. The van der Waals surface area contributed by atoms with E-state index in [-0.39, 0.29) is 22.5 Å². The van der Waals surface area contributed by atoms with E-state index in [4.69, 9.17) is 9.47 Å². The summed E-state index contributed by atoms with van der Waals surface area (Å²) in [5.41, 5.74) is 1.80. The standard InChI is InChI=1S/C27H29FN2O5S/c1-34-24-10-12-26(13-11-24)36(32,33)30-16-14-22(15-17-30)27(31)29-18-20-4-8-25(9-5-20)35-19-21-2-6-23(28)7-3-21/h2-13,22H,14-19H2,1H3,(H,29,31). The van der Waals surface area contributed by atoms with E-state index in [0.29, 0.717) is 50.6 Å². The molecule has 9 heteroatoms. The van der Waals surface area contributed by atoms with Gasteiger partial charge in [0.05, 0.1) is 12.0 Å². The average molecular weight is 513 g/mol. The molecule has 36 heavy (non-hydrogen) atoms. The third kappa shape index (κ3) is 6.41. The van der Waals surface area contributed by atoms with Gasteiger partial charge in [0.15, 0.2) is 0 Å². The van der Waals surface area contributed by atoms with Crippen molar-refractivity contribution in [3.8, 4) is 11.5 Å². The number of methoxy groups -OCH3 is 1. The molecule has 7 nitrogen and oxygen atoms in total. The lowest BCUT2D eigenvalue weighted by atomic mass is 9.97. The Morgan fingerprint density at radius 1 is 0.917 bits per heavy atom. The van der Waals surface area contributed by atoms with Crippen LogP contribution < -0.4 is 14.8 Å². The van der Waals surface area contributed by atoms with Crippen molar-refractivity contribution in [2.75, 3.05) is 20.2 Å². The highest BCUT2D eigenvalue weighted by Gasteiger charge is 2.32. The molecule has 0 atom stereocenters. The lowest BCUT2D eigenvalue weighted by molar-refractivity contribution is -0.126. The highest BCUT2D eigenvalue weighted by Crippen LogP contribution is 2.25. The molecule has 1 N–H and O–H groups in total. The average Bonchev–Trinajstić information content (AvgIpc) is 2.92. The molecule has 3 aromatic rings. The number of piperidine rings is 1. The van der Waals surface area contributed by atoms with E-state index in [9.17, 15) is 17.6 Å². The third-order valence-corrected chi connectivity index (χ3v) is 8.14. The van der Waals surface area contributed by atoms with Gasteiger partial charge in [-0.15, -0.1) is 0 Å². The zero-order valence-electron chi connectivity index (χ0n) is 20.0. The van der Waals surface area contributed by atoms with Crippen LogP contribution in [0.15, 0.2) is 77.7 Å². The molecule has 1 aliphatic heterocycles. The zero-order chi connectivity index (χ0) is 25.5. The van der Waals surface area contributed by atoms with Gasteiger partial charge in [-0.3, -0.25) is 4.79 Å². The molecule has 0 saturated carbocycles. The van der Waals surface area contributed by atoms with Gasteiger partial charge in [0.25, 0.3) is 0 Å². The molecule has 0 bridgehead atoms. The Hall–Kier alpha value is -3.43. The van der Waals surface area contributed by atoms with Crippen LogP contribution >= 0.6 is 0 Å². The molecule has 1 fully saturated rings. The van der Waals surface area contributed by atoms with Gasteiger partial charge in [-0.25, -0.2) is 12.8 Å². The molecular formula is C27H29FN2O5S. The first-order valence-corrected chi connectivity index (χ1v) is 13.2. The van der Waals surface area contributed by atoms with Crippen molar-refractivity contribution in [2.24, 2.45) is 5.92 Å². The van der Waals surface area contributed by atoms with Gasteiger partial charge in [0.1, 0.15) is 23.9 Å².